The van der Waals surface area contributed by atoms with Gasteiger partial charge in [0, 0.05) is 60.1 Å². The minimum Gasteiger partial charge on any atom is -0.435 e. The SMILES string of the molecule is OC1CC(c2ccccc2OC(F)F)c2c1nc1cc(F)c(-c3cnc(C4=CCC5(CC4)OCCO5)nc3)cn21. The number of hydrogen-bond donors (Lipinski definition) is 1. The summed E-state index contributed by atoms with van der Waals surface area (Å²) in [6, 6.07) is 7.77. The summed E-state index contributed by atoms with van der Waals surface area (Å²) in [6.07, 6.45) is 8.15. The van der Waals surface area contributed by atoms with Gasteiger partial charge in [-0.2, -0.15) is 8.78 Å². The Morgan fingerprint density at radius 1 is 1.12 bits per heavy atom. The largest absolute Gasteiger partial charge is 0.435 e. The standard InChI is InChI=1S/C29H25F3N4O4/c30-21-12-24-35-25-22(37)11-19(18-3-1-2-4-23(18)40-28(31)32)26(25)36(24)15-20(21)17-13-33-27(34-14-17)16-5-7-29(8-6-16)38-9-10-39-29/h1-5,12-15,19,22,28,37H,6-11H2. The zero-order valence-electron chi connectivity index (χ0n) is 21.3. The number of aliphatic hydroxyl groups excluding tert-OH is 1. The third-order valence-electron chi connectivity index (χ3n) is 7.89. The molecule has 0 saturated carbocycles. The van der Waals surface area contributed by atoms with Gasteiger partial charge >= 0.3 is 6.61 Å². The van der Waals surface area contributed by atoms with E-state index in [1.807, 2.05) is 6.08 Å². The van der Waals surface area contributed by atoms with Gasteiger partial charge < -0.3 is 23.7 Å². The van der Waals surface area contributed by atoms with E-state index in [9.17, 15) is 13.9 Å². The fraction of sp³-hybridized carbons (Fsp3) is 0.345. The molecule has 3 aromatic heterocycles. The Kier molecular flexibility index (Phi) is 6.10. The highest BCUT2D eigenvalue weighted by Crippen LogP contribution is 2.47. The first-order valence-corrected chi connectivity index (χ1v) is 13.1. The smallest absolute Gasteiger partial charge is 0.387 e. The first kappa shape index (κ1) is 25.2. The van der Waals surface area contributed by atoms with E-state index in [0.29, 0.717) is 60.0 Å². The topological polar surface area (TPSA) is 91.0 Å². The van der Waals surface area contributed by atoms with Crippen molar-refractivity contribution in [1.82, 2.24) is 19.4 Å². The maximum Gasteiger partial charge on any atom is 0.387 e. The van der Waals surface area contributed by atoms with Crippen molar-refractivity contribution in [2.45, 2.75) is 50.1 Å². The van der Waals surface area contributed by atoms with Crippen molar-refractivity contribution in [2.75, 3.05) is 13.2 Å². The number of aromatic nitrogens is 4. The number of allylic oxidation sites excluding steroid dienone is 1. The highest BCUT2D eigenvalue weighted by Gasteiger charge is 2.39. The number of para-hydroxylation sites is 1. The zero-order chi connectivity index (χ0) is 27.4. The summed E-state index contributed by atoms with van der Waals surface area (Å²) in [5.74, 6) is -0.946. The van der Waals surface area contributed by atoms with Crippen molar-refractivity contribution in [3.8, 4) is 16.9 Å². The Morgan fingerprint density at radius 3 is 2.62 bits per heavy atom. The molecule has 7 rings (SSSR count). The molecule has 1 spiro atoms. The molecule has 2 unspecified atom stereocenters. The Balaban J connectivity index is 1.24. The normalized spacial score (nSPS) is 21.8. The first-order valence-electron chi connectivity index (χ1n) is 13.1. The molecule has 1 N–H and O–H groups in total. The van der Waals surface area contributed by atoms with E-state index in [4.69, 9.17) is 14.2 Å². The van der Waals surface area contributed by atoms with Gasteiger partial charge in [0.05, 0.1) is 30.7 Å². The van der Waals surface area contributed by atoms with Crippen LogP contribution in [0, 0.1) is 5.82 Å². The number of fused-ring (bicyclic) bond motifs is 3. The Labute approximate surface area is 227 Å². The van der Waals surface area contributed by atoms with Crippen molar-refractivity contribution >= 4 is 11.2 Å². The fourth-order valence-corrected chi connectivity index (χ4v) is 6.00. The van der Waals surface area contributed by atoms with Gasteiger partial charge in [-0.05, 0) is 24.5 Å². The summed E-state index contributed by atoms with van der Waals surface area (Å²) in [7, 11) is 0. The number of halogens is 3. The molecule has 2 aliphatic carbocycles. The minimum atomic E-state index is -2.99. The molecule has 0 bridgehead atoms. The zero-order valence-corrected chi connectivity index (χ0v) is 21.3. The van der Waals surface area contributed by atoms with E-state index in [1.54, 1.807) is 41.2 Å². The van der Waals surface area contributed by atoms with Crippen LogP contribution in [0.2, 0.25) is 0 Å². The first-order chi connectivity index (χ1) is 19.4. The van der Waals surface area contributed by atoms with Crippen LogP contribution in [-0.2, 0) is 9.47 Å². The lowest BCUT2D eigenvalue weighted by molar-refractivity contribution is -0.159. The van der Waals surface area contributed by atoms with Crippen LogP contribution >= 0.6 is 0 Å². The van der Waals surface area contributed by atoms with E-state index in [0.717, 1.165) is 12.0 Å². The third-order valence-corrected chi connectivity index (χ3v) is 7.89. The molecule has 0 radical (unpaired) electrons. The van der Waals surface area contributed by atoms with Gasteiger partial charge in [0.15, 0.2) is 11.6 Å². The number of nitrogens with zero attached hydrogens (tertiary/aromatic N) is 4. The van der Waals surface area contributed by atoms with Crippen molar-refractivity contribution in [1.29, 1.82) is 0 Å². The quantitative estimate of drug-likeness (QED) is 0.355. The summed E-state index contributed by atoms with van der Waals surface area (Å²) in [5.41, 5.74) is 3.50. The van der Waals surface area contributed by atoms with Gasteiger partial charge in [0.1, 0.15) is 17.2 Å². The van der Waals surface area contributed by atoms with E-state index in [1.165, 1.54) is 12.1 Å². The number of alkyl halides is 2. The molecule has 40 heavy (non-hydrogen) atoms. The number of benzene rings is 1. The van der Waals surface area contributed by atoms with Gasteiger partial charge in [-0.1, -0.05) is 24.3 Å². The maximum absolute atomic E-state index is 15.3. The molecule has 1 saturated heterocycles. The van der Waals surface area contributed by atoms with E-state index >= 15 is 4.39 Å². The van der Waals surface area contributed by atoms with Crippen LogP contribution in [0.4, 0.5) is 13.2 Å². The summed E-state index contributed by atoms with van der Waals surface area (Å²) in [5, 5.41) is 10.8. The van der Waals surface area contributed by atoms with Gasteiger partial charge in [0.2, 0.25) is 0 Å². The van der Waals surface area contributed by atoms with Gasteiger partial charge in [-0.3, -0.25) is 0 Å². The molecular formula is C29H25F3N4O4. The molecule has 8 nitrogen and oxygen atoms in total. The molecular weight excluding hydrogens is 525 g/mol. The second-order valence-corrected chi connectivity index (χ2v) is 10.2. The predicted molar refractivity (Wildman–Crippen MR) is 137 cm³/mol. The molecule has 4 aromatic rings. The summed E-state index contributed by atoms with van der Waals surface area (Å²) >= 11 is 0. The van der Waals surface area contributed by atoms with Crippen LogP contribution in [0.25, 0.3) is 22.3 Å². The van der Waals surface area contributed by atoms with E-state index < -0.39 is 30.2 Å². The minimum absolute atomic E-state index is 0.0258. The summed E-state index contributed by atoms with van der Waals surface area (Å²) in [6.45, 7) is -1.80. The predicted octanol–water partition coefficient (Wildman–Crippen LogP) is 5.41. The molecule has 2 atom stereocenters. The van der Waals surface area contributed by atoms with E-state index in [-0.39, 0.29) is 17.7 Å². The van der Waals surface area contributed by atoms with Crippen molar-refractivity contribution in [3.63, 3.8) is 0 Å². The number of ether oxygens (including phenoxy) is 3. The number of aliphatic hydroxyl groups is 1. The second-order valence-electron chi connectivity index (χ2n) is 10.2. The van der Waals surface area contributed by atoms with Gasteiger partial charge in [0.25, 0.3) is 0 Å². The lowest BCUT2D eigenvalue weighted by Crippen LogP contribution is -2.31. The van der Waals surface area contributed by atoms with Crippen LogP contribution < -0.4 is 4.74 Å². The van der Waals surface area contributed by atoms with Crippen LogP contribution in [0.5, 0.6) is 5.75 Å². The molecule has 1 aliphatic heterocycles. The lowest BCUT2D eigenvalue weighted by Gasteiger charge is -2.30. The summed E-state index contributed by atoms with van der Waals surface area (Å²) < 4.78 is 59.5. The van der Waals surface area contributed by atoms with E-state index in [2.05, 4.69) is 15.0 Å². The monoisotopic (exact) mass is 550 g/mol. The Hall–Kier alpha value is -3.80. The highest BCUT2D eigenvalue weighted by atomic mass is 19.3. The fourth-order valence-electron chi connectivity index (χ4n) is 6.00. The van der Waals surface area contributed by atoms with Crippen LogP contribution in [0.1, 0.15) is 60.5 Å². The number of hydrogen-bond acceptors (Lipinski definition) is 7. The number of pyridine rings is 1. The van der Waals surface area contributed by atoms with Gasteiger partial charge in [-0.25, -0.2) is 19.3 Å². The maximum atomic E-state index is 15.3. The molecule has 4 heterocycles. The average molecular weight is 551 g/mol. The number of imidazole rings is 1. The molecule has 206 valence electrons. The van der Waals surface area contributed by atoms with Crippen LogP contribution in [0.15, 0.2) is 55.0 Å². The Bertz CT molecular complexity index is 1620. The van der Waals surface area contributed by atoms with Crippen molar-refractivity contribution in [2.24, 2.45) is 0 Å². The molecule has 1 aromatic carbocycles. The Morgan fingerprint density at radius 2 is 1.90 bits per heavy atom. The molecule has 11 heteroatoms. The van der Waals surface area contributed by atoms with Crippen molar-refractivity contribution < 1.29 is 32.5 Å². The highest BCUT2D eigenvalue weighted by molar-refractivity contribution is 5.67. The van der Waals surface area contributed by atoms with Crippen LogP contribution in [0.3, 0.4) is 0 Å². The summed E-state index contributed by atoms with van der Waals surface area (Å²) in [4.78, 5) is 13.5. The van der Waals surface area contributed by atoms with Crippen molar-refractivity contribution in [3.05, 3.63) is 83.6 Å². The molecule has 0 amide bonds. The third kappa shape index (κ3) is 4.25. The van der Waals surface area contributed by atoms with Gasteiger partial charge in [-0.15, -0.1) is 0 Å². The average Bonchev–Trinajstić information content (AvgIpc) is 3.64. The lowest BCUT2D eigenvalue weighted by atomic mass is 9.93. The second kappa shape index (κ2) is 9.69. The van der Waals surface area contributed by atoms with Crippen LogP contribution in [-0.4, -0.2) is 50.1 Å². The number of rotatable bonds is 5. The molecule has 1 fully saturated rings. The molecule has 3 aliphatic rings.